The molecule has 14 heavy (non-hydrogen) atoms. The van der Waals surface area contributed by atoms with Gasteiger partial charge in [0.15, 0.2) is 0 Å². The molecule has 0 aromatic rings. The van der Waals surface area contributed by atoms with Crippen LogP contribution in [0.15, 0.2) is 0 Å². The molecule has 0 fully saturated rings. The molecule has 88 valence electrons. The summed E-state index contributed by atoms with van der Waals surface area (Å²) < 4.78 is 20.5. The zero-order valence-electron chi connectivity index (χ0n) is 8.72. The third-order valence-corrected chi connectivity index (χ3v) is 2.52. The average Bonchev–Trinajstić information content (AvgIpc) is 2.05. The van der Waals surface area contributed by atoms with Gasteiger partial charge in [-0.3, -0.25) is 9.05 Å². The maximum Gasteiger partial charge on any atom is 0.472 e. The van der Waals surface area contributed by atoms with Gasteiger partial charge >= 0.3 is 7.82 Å². The van der Waals surface area contributed by atoms with Crippen LogP contribution < -0.4 is 0 Å². The molecular weight excluding hydrogens is 247 g/mol. The van der Waals surface area contributed by atoms with Crippen LogP contribution in [-0.4, -0.2) is 18.1 Å². The molecule has 0 aromatic carbocycles. The number of hydrogen-bond donors (Lipinski definition) is 1. The van der Waals surface area contributed by atoms with E-state index in [1.54, 1.807) is 0 Å². The second-order valence-corrected chi connectivity index (χ2v) is 4.30. The van der Waals surface area contributed by atoms with Crippen LogP contribution in [0.4, 0.5) is 0 Å². The first-order chi connectivity index (χ1) is 6.12. The Bertz CT molecular complexity index is 151. The van der Waals surface area contributed by atoms with Gasteiger partial charge in [-0.15, -0.1) is 0 Å². The number of unbranched alkanes of at least 4 members (excludes halogenated alkanes) is 2. The van der Waals surface area contributed by atoms with Crippen LogP contribution in [0.1, 0.15) is 39.5 Å². The Kier molecular flexibility index (Phi) is 12.4. The largest absolute Gasteiger partial charge is 0.472 e. The Morgan fingerprint density at radius 3 is 1.71 bits per heavy atom. The van der Waals surface area contributed by atoms with Gasteiger partial charge in [-0.1, -0.05) is 26.7 Å². The summed E-state index contributed by atoms with van der Waals surface area (Å²) in [6.45, 7) is 4.56. The SMILES string of the molecule is CCCCOP(=O)(O)OCCCC.[Fe]. The summed E-state index contributed by atoms with van der Waals surface area (Å²) in [5.41, 5.74) is 0. The van der Waals surface area contributed by atoms with Gasteiger partial charge in [0.25, 0.3) is 0 Å². The summed E-state index contributed by atoms with van der Waals surface area (Å²) in [6.07, 6.45) is 3.44. The first-order valence-electron chi connectivity index (χ1n) is 4.74. The summed E-state index contributed by atoms with van der Waals surface area (Å²) in [4.78, 5) is 9.08. The fourth-order valence-electron chi connectivity index (χ4n) is 0.686. The topological polar surface area (TPSA) is 55.8 Å². The van der Waals surface area contributed by atoms with E-state index in [1.807, 2.05) is 13.8 Å². The van der Waals surface area contributed by atoms with E-state index in [-0.39, 0.29) is 30.3 Å². The van der Waals surface area contributed by atoms with Gasteiger partial charge in [-0.25, -0.2) is 4.57 Å². The van der Waals surface area contributed by atoms with Crippen molar-refractivity contribution >= 4 is 7.82 Å². The van der Waals surface area contributed by atoms with Crippen molar-refractivity contribution in [2.45, 2.75) is 39.5 Å². The van der Waals surface area contributed by atoms with Gasteiger partial charge in [0.2, 0.25) is 0 Å². The van der Waals surface area contributed by atoms with Gasteiger partial charge < -0.3 is 4.89 Å². The molecule has 0 aliphatic carbocycles. The van der Waals surface area contributed by atoms with Crippen LogP contribution in [0.2, 0.25) is 0 Å². The maximum atomic E-state index is 11.1. The van der Waals surface area contributed by atoms with E-state index >= 15 is 0 Å². The van der Waals surface area contributed by atoms with Crippen LogP contribution in [0, 0.1) is 0 Å². The summed E-state index contributed by atoms with van der Waals surface area (Å²) in [5, 5.41) is 0. The minimum atomic E-state index is -3.75. The summed E-state index contributed by atoms with van der Waals surface area (Å²) in [6, 6.07) is 0. The molecule has 1 N–H and O–H groups in total. The molecule has 6 heteroatoms. The zero-order valence-corrected chi connectivity index (χ0v) is 10.7. The van der Waals surface area contributed by atoms with Crippen molar-refractivity contribution in [3.63, 3.8) is 0 Å². The van der Waals surface area contributed by atoms with Crippen molar-refractivity contribution in [1.29, 1.82) is 0 Å². The van der Waals surface area contributed by atoms with E-state index in [4.69, 9.17) is 13.9 Å². The quantitative estimate of drug-likeness (QED) is 0.417. The van der Waals surface area contributed by atoms with Crippen molar-refractivity contribution in [2.24, 2.45) is 0 Å². The normalized spacial score (nSPS) is 11.1. The van der Waals surface area contributed by atoms with Crippen molar-refractivity contribution in [1.82, 2.24) is 0 Å². The van der Waals surface area contributed by atoms with E-state index in [1.165, 1.54) is 0 Å². The van der Waals surface area contributed by atoms with Crippen LogP contribution >= 0.6 is 7.82 Å². The Morgan fingerprint density at radius 1 is 1.07 bits per heavy atom. The van der Waals surface area contributed by atoms with Crippen LogP contribution in [0.3, 0.4) is 0 Å². The van der Waals surface area contributed by atoms with E-state index in [9.17, 15) is 4.57 Å². The molecule has 0 heterocycles. The molecule has 4 nitrogen and oxygen atoms in total. The van der Waals surface area contributed by atoms with E-state index in [2.05, 4.69) is 0 Å². The molecular formula is C8H19FeO4P. The molecule has 0 unspecified atom stereocenters. The monoisotopic (exact) mass is 266 g/mol. The Balaban J connectivity index is 0. The van der Waals surface area contributed by atoms with Gasteiger partial charge in [-0.05, 0) is 12.8 Å². The number of phosphoric acid groups is 1. The van der Waals surface area contributed by atoms with Gasteiger partial charge in [0.1, 0.15) is 0 Å². The van der Waals surface area contributed by atoms with Gasteiger partial charge in [-0.2, -0.15) is 0 Å². The number of rotatable bonds is 8. The van der Waals surface area contributed by atoms with Crippen molar-refractivity contribution in [3.8, 4) is 0 Å². The third-order valence-electron chi connectivity index (χ3n) is 1.50. The first-order valence-corrected chi connectivity index (χ1v) is 6.23. The van der Waals surface area contributed by atoms with Crippen molar-refractivity contribution in [3.05, 3.63) is 0 Å². The standard InChI is InChI=1S/C8H19O4P.Fe/c1-3-5-7-11-13(9,10)12-8-6-4-2;/h3-8H2,1-2H3,(H,9,10);. The van der Waals surface area contributed by atoms with Crippen LogP contribution in [0.25, 0.3) is 0 Å². The molecule has 0 radical (unpaired) electrons. The second kappa shape index (κ2) is 10.2. The molecule has 0 aromatic heterocycles. The number of hydrogen-bond acceptors (Lipinski definition) is 3. The Hall–Kier alpha value is 0.629. The van der Waals surface area contributed by atoms with Crippen molar-refractivity contribution in [2.75, 3.05) is 13.2 Å². The molecule has 0 amide bonds. The Labute approximate surface area is 96.5 Å². The summed E-state index contributed by atoms with van der Waals surface area (Å²) in [7, 11) is -3.75. The summed E-state index contributed by atoms with van der Waals surface area (Å²) in [5.74, 6) is 0. The number of phosphoric ester groups is 1. The predicted molar refractivity (Wildman–Crippen MR) is 51.5 cm³/mol. The smallest absolute Gasteiger partial charge is 0.302 e. The molecule has 0 bridgehead atoms. The minimum absolute atomic E-state index is 0. The zero-order chi connectivity index (χ0) is 10.2. The Morgan fingerprint density at radius 2 is 1.43 bits per heavy atom. The van der Waals surface area contributed by atoms with Gasteiger partial charge in [0, 0.05) is 17.1 Å². The molecule has 0 saturated heterocycles. The molecule has 0 spiro atoms. The van der Waals surface area contributed by atoms with Crippen LogP contribution in [-0.2, 0) is 30.7 Å². The van der Waals surface area contributed by atoms with Gasteiger partial charge in [0.05, 0.1) is 13.2 Å². The fourth-order valence-corrected chi connectivity index (χ4v) is 1.48. The average molecular weight is 266 g/mol. The minimum Gasteiger partial charge on any atom is -0.302 e. The van der Waals surface area contributed by atoms with E-state index in [0.717, 1.165) is 25.7 Å². The molecule has 0 rings (SSSR count). The van der Waals surface area contributed by atoms with Crippen molar-refractivity contribution < 1.29 is 35.6 Å². The fraction of sp³-hybridized carbons (Fsp3) is 1.00. The summed E-state index contributed by atoms with van der Waals surface area (Å²) >= 11 is 0. The van der Waals surface area contributed by atoms with E-state index in [0.29, 0.717) is 0 Å². The second-order valence-electron chi connectivity index (χ2n) is 2.84. The van der Waals surface area contributed by atoms with Crippen LogP contribution in [0.5, 0.6) is 0 Å². The molecule has 0 aliphatic rings. The molecule has 0 atom stereocenters. The first kappa shape index (κ1) is 17.0. The van der Waals surface area contributed by atoms with E-state index < -0.39 is 7.82 Å². The predicted octanol–water partition coefficient (Wildman–Crippen LogP) is 2.72. The third kappa shape index (κ3) is 10.7. The molecule has 0 aliphatic heterocycles. The molecule has 0 saturated carbocycles. The maximum absolute atomic E-state index is 11.1.